The van der Waals surface area contributed by atoms with Crippen LogP contribution in [0.1, 0.15) is 38.3 Å². The molecule has 0 saturated carbocycles. The van der Waals surface area contributed by atoms with Crippen LogP contribution >= 0.6 is 0 Å². The van der Waals surface area contributed by atoms with Gasteiger partial charge in [-0.3, -0.25) is 4.57 Å². The molecule has 5 nitrogen and oxygen atoms in total. The molecule has 0 spiro atoms. The number of fused-ring (bicyclic) bond motifs is 4. The molecule has 0 unspecified atom stereocenters. The minimum Gasteiger partial charge on any atom is -0.463 e. The van der Waals surface area contributed by atoms with Gasteiger partial charge in [0.25, 0.3) is 0 Å². The van der Waals surface area contributed by atoms with Crippen molar-refractivity contribution in [1.82, 2.24) is 9.55 Å². The average molecular weight is 412 g/mol. The van der Waals surface area contributed by atoms with E-state index >= 15 is 0 Å². The normalized spacial score (nSPS) is 15.7. The van der Waals surface area contributed by atoms with Crippen LogP contribution in [0.3, 0.4) is 0 Å². The zero-order valence-corrected chi connectivity index (χ0v) is 17.8. The van der Waals surface area contributed by atoms with Crippen LogP contribution in [0.2, 0.25) is 0 Å². The summed E-state index contributed by atoms with van der Waals surface area (Å²) in [5, 5.41) is 5.72. The highest BCUT2D eigenvalue weighted by molar-refractivity contribution is 5.96. The molecule has 0 aliphatic carbocycles. The van der Waals surface area contributed by atoms with Gasteiger partial charge in [-0.05, 0) is 41.8 Å². The first-order valence-electron chi connectivity index (χ1n) is 10.8. The first-order chi connectivity index (χ1) is 15.2. The fourth-order valence-electron chi connectivity index (χ4n) is 4.56. The van der Waals surface area contributed by atoms with Gasteiger partial charge in [0.05, 0.1) is 29.3 Å². The number of ether oxygens (including phenoxy) is 1. The Morgan fingerprint density at radius 2 is 1.81 bits per heavy atom. The Labute approximate surface area is 181 Å². The first kappa shape index (κ1) is 19.4. The predicted molar refractivity (Wildman–Crippen MR) is 124 cm³/mol. The lowest BCUT2D eigenvalue weighted by molar-refractivity contribution is -0.139. The molecule has 1 aliphatic heterocycles. The van der Waals surface area contributed by atoms with Crippen molar-refractivity contribution in [3.63, 3.8) is 0 Å². The van der Waals surface area contributed by atoms with E-state index in [2.05, 4.69) is 53.2 Å². The fraction of sp³-hybridized carbons (Fsp3) is 0.231. The fourth-order valence-corrected chi connectivity index (χ4v) is 4.56. The number of nitrogens with zero attached hydrogens (tertiary/aromatic N) is 2. The molecule has 156 valence electrons. The van der Waals surface area contributed by atoms with E-state index in [9.17, 15) is 4.79 Å². The number of hydrogen-bond acceptors (Lipinski definition) is 4. The van der Waals surface area contributed by atoms with E-state index in [1.807, 2.05) is 37.3 Å². The second-order valence-corrected chi connectivity index (χ2v) is 7.75. The van der Waals surface area contributed by atoms with Gasteiger partial charge in [-0.1, -0.05) is 67.9 Å². The highest BCUT2D eigenvalue weighted by Crippen LogP contribution is 2.42. The van der Waals surface area contributed by atoms with Crippen LogP contribution in [0.5, 0.6) is 0 Å². The third-order valence-electron chi connectivity index (χ3n) is 5.83. The molecule has 1 atom stereocenters. The Hall–Kier alpha value is -3.60. The molecule has 2 heterocycles. The van der Waals surface area contributed by atoms with Gasteiger partial charge >= 0.3 is 5.97 Å². The summed E-state index contributed by atoms with van der Waals surface area (Å²) in [5.41, 5.74) is 4.51. The quantitative estimate of drug-likeness (QED) is 0.420. The number of benzene rings is 3. The van der Waals surface area contributed by atoms with E-state index in [0.717, 1.165) is 51.9 Å². The van der Waals surface area contributed by atoms with Gasteiger partial charge in [-0.15, -0.1) is 0 Å². The average Bonchev–Trinajstić information content (AvgIpc) is 3.16. The largest absolute Gasteiger partial charge is 0.463 e. The molecule has 31 heavy (non-hydrogen) atoms. The second kappa shape index (κ2) is 7.91. The van der Waals surface area contributed by atoms with E-state index in [4.69, 9.17) is 9.72 Å². The minimum absolute atomic E-state index is 0.278. The standard InChI is InChI=1S/C26H25N3O2/c1-3-10-21-23(25(30)31-4-2)24(19-14-9-12-17-11-5-6-13-18(17)19)29-22-16-8-7-15-20(22)27-26(29)28-21/h5-9,11-16,24H,3-4,10H2,1-2H3,(H,27,28)/t24-/m0/s1. The van der Waals surface area contributed by atoms with Gasteiger partial charge < -0.3 is 10.1 Å². The molecule has 1 N–H and O–H groups in total. The van der Waals surface area contributed by atoms with Crippen LogP contribution in [0, 0.1) is 0 Å². The molecule has 0 fully saturated rings. The number of carbonyl (C=O) groups excluding carboxylic acids is 1. The second-order valence-electron chi connectivity index (χ2n) is 7.75. The molecule has 0 bridgehead atoms. The van der Waals surface area contributed by atoms with Crippen molar-refractivity contribution in [3.05, 3.63) is 83.6 Å². The SMILES string of the molecule is CCCC1=C(C(=O)OCC)[C@H](c2cccc3ccccc23)n2c(nc3ccccc32)N1. The van der Waals surface area contributed by atoms with Crippen LogP contribution < -0.4 is 5.32 Å². The smallest absolute Gasteiger partial charge is 0.338 e. The number of allylic oxidation sites excluding steroid dienone is 1. The van der Waals surface area contributed by atoms with Crippen molar-refractivity contribution in [2.75, 3.05) is 11.9 Å². The van der Waals surface area contributed by atoms with Crippen LogP contribution in [0.15, 0.2) is 78.0 Å². The summed E-state index contributed by atoms with van der Waals surface area (Å²) >= 11 is 0. The summed E-state index contributed by atoms with van der Waals surface area (Å²) < 4.78 is 7.70. The first-order valence-corrected chi connectivity index (χ1v) is 10.8. The van der Waals surface area contributed by atoms with E-state index in [1.165, 1.54) is 0 Å². The van der Waals surface area contributed by atoms with Gasteiger partial charge in [0.1, 0.15) is 0 Å². The number of imidazole rings is 1. The maximum atomic E-state index is 13.3. The molecule has 3 aromatic carbocycles. The number of aromatic nitrogens is 2. The molecule has 5 heteroatoms. The minimum atomic E-state index is -0.324. The van der Waals surface area contributed by atoms with Crippen molar-refractivity contribution < 1.29 is 9.53 Å². The molecular formula is C26H25N3O2. The lowest BCUT2D eigenvalue weighted by Crippen LogP contribution is -2.30. The monoisotopic (exact) mass is 411 g/mol. The van der Waals surface area contributed by atoms with Crippen molar-refractivity contribution >= 4 is 33.7 Å². The topological polar surface area (TPSA) is 56.2 Å². The number of rotatable bonds is 5. The zero-order valence-electron chi connectivity index (χ0n) is 17.8. The third-order valence-corrected chi connectivity index (χ3v) is 5.83. The Bertz CT molecular complexity index is 1310. The summed E-state index contributed by atoms with van der Waals surface area (Å²) in [4.78, 5) is 18.2. The lowest BCUT2D eigenvalue weighted by atomic mass is 9.90. The molecule has 0 radical (unpaired) electrons. The van der Waals surface area contributed by atoms with Crippen LogP contribution in [0.25, 0.3) is 21.8 Å². The maximum Gasteiger partial charge on any atom is 0.338 e. The molecule has 5 rings (SSSR count). The van der Waals surface area contributed by atoms with Crippen LogP contribution in [0.4, 0.5) is 5.95 Å². The summed E-state index contributed by atoms with van der Waals surface area (Å²) in [6, 6.07) is 22.3. The van der Waals surface area contributed by atoms with E-state index in [-0.39, 0.29) is 12.0 Å². The third kappa shape index (κ3) is 3.17. The van der Waals surface area contributed by atoms with Gasteiger partial charge in [-0.25, -0.2) is 9.78 Å². The number of nitrogens with one attached hydrogen (secondary N) is 1. The number of anilines is 1. The van der Waals surface area contributed by atoms with Crippen molar-refractivity contribution in [2.45, 2.75) is 32.7 Å². The zero-order chi connectivity index (χ0) is 21.4. The molecule has 1 aromatic heterocycles. The van der Waals surface area contributed by atoms with Gasteiger partial charge in [0.15, 0.2) is 0 Å². The number of carbonyl (C=O) groups is 1. The Kier molecular flexibility index (Phi) is 4.94. The highest BCUT2D eigenvalue weighted by atomic mass is 16.5. The summed E-state index contributed by atoms with van der Waals surface area (Å²) in [6.45, 7) is 4.29. The molecule has 4 aromatic rings. The number of esters is 1. The molecule has 1 aliphatic rings. The van der Waals surface area contributed by atoms with E-state index in [0.29, 0.717) is 12.2 Å². The van der Waals surface area contributed by atoms with Crippen molar-refractivity contribution in [2.24, 2.45) is 0 Å². The Morgan fingerprint density at radius 3 is 2.65 bits per heavy atom. The number of para-hydroxylation sites is 2. The molecule has 0 amide bonds. The number of hydrogen-bond donors (Lipinski definition) is 1. The Balaban J connectivity index is 1.85. The van der Waals surface area contributed by atoms with Crippen LogP contribution in [-0.2, 0) is 9.53 Å². The Morgan fingerprint density at radius 1 is 1.03 bits per heavy atom. The highest BCUT2D eigenvalue weighted by Gasteiger charge is 2.36. The van der Waals surface area contributed by atoms with Crippen molar-refractivity contribution in [1.29, 1.82) is 0 Å². The van der Waals surface area contributed by atoms with Gasteiger partial charge in [0.2, 0.25) is 5.95 Å². The van der Waals surface area contributed by atoms with Gasteiger partial charge in [-0.2, -0.15) is 0 Å². The summed E-state index contributed by atoms with van der Waals surface area (Å²) in [7, 11) is 0. The van der Waals surface area contributed by atoms with E-state index < -0.39 is 0 Å². The molecule has 0 saturated heterocycles. The predicted octanol–water partition coefficient (Wildman–Crippen LogP) is 5.82. The van der Waals surface area contributed by atoms with E-state index in [1.54, 1.807) is 0 Å². The van der Waals surface area contributed by atoms with Gasteiger partial charge in [0, 0.05) is 5.70 Å². The van der Waals surface area contributed by atoms with Crippen molar-refractivity contribution in [3.8, 4) is 0 Å². The summed E-state index contributed by atoms with van der Waals surface area (Å²) in [5.74, 6) is 0.482. The van der Waals surface area contributed by atoms with Crippen LogP contribution in [-0.4, -0.2) is 22.1 Å². The molecular weight excluding hydrogens is 386 g/mol. The lowest BCUT2D eigenvalue weighted by Gasteiger charge is -2.32. The maximum absolute atomic E-state index is 13.3. The summed E-state index contributed by atoms with van der Waals surface area (Å²) in [6.07, 6.45) is 1.66.